The molecule has 0 aliphatic heterocycles. The van der Waals surface area contributed by atoms with E-state index in [2.05, 4.69) is 6.58 Å². The molecule has 0 spiro atoms. The van der Waals surface area contributed by atoms with E-state index < -0.39 is 12.3 Å². The number of ether oxygens (including phenoxy) is 4. The third kappa shape index (κ3) is 10.2. The minimum Gasteiger partial charge on any atom is -0.460 e. The molecule has 0 saturated heterocycles. The summed E-state index contributed by atoms with van der Waals surface area (Å²) in [6.45, 7) is 9.48. The molecule has 0 aromatic rings. The minimum atomic E-state index is -0.586. The number of esters is 2. The first-order valence-corrected chi connectivity index (χ1v) is 6.18. The summed E-state index contributed by atoms with van der Waals surface area (Å²) in [5, 5.41) is 0. The topological polar surface area (TPSA) is 71.1 Å². The Morgan fingerprint density at radius 3 is 2.37 bits per heavy atom. The first-order valence-electron chi connectivity index (χ1n) is 6.18. The van der Waals surface area contributed by atoms with Crippen LogP contribution in [0.2, 0.25) is 0 Å². The number of carbonyl (C=O) groups excluding carboxylic acids is 2. The molecule has 0 aliphatic rings. The van der Waals surface area contributed by atoms with Gasteiger partial charge in [-0.25, -0.2) is 4.79 Å². The lowest BCUT2D eigenvalue weighted by atomic mass is 10.4. The van der Waals surface area contributed by atoms with E-state index in [0.29, 0.717) is 25.2 Å². The van der Waals surface area contributed by atoms with Crippen LogP contribution in [0.1, 0.15) is 27.2 Å². The maximum atomic E-state index is 11.0. The molecule has 0 aromatic heterocycles. The van der Waals surface area contributed by atoms with Crippen molar-refractivity contribution in [3.63, 3.8) is 0 Å². The maximum Gasteiger partial charge on any atom is 0.333 e. The van der Waals surface area contributed by atoms with Crippen molar-refractivity contribution in [2.24, 2.45) is 0 Å². The van der Waals surface area contributed by atoms with Crippen molar-refractivity contribution >= 4 is 11.9 Å². The van der Waals surface area contributed by atoms with Crippen LogP contribution in [-0.4, -0.2) is 44.7 Å². The van der Waals surface area contributed by atoms with Gasteiger partial charge < -0.3 is 18.9 Å². The van der Waals surface area contributed by atoms with Gasteiger partial charge in [0, 0.05) is 12.0 Å². The third-order valence-electron chi connectivity index (χ3n) is 1.98. The zero-order chi connectivity index (χ0) is 14.7. The molecule has 1 atom stereocenters. The standard InChI is InChI=1S/C13H22O6/c1-5-12(14)19-11(4)17-8-6-16-7-9-18-13(15)10(2)3/h11H,2,5-9H2,1,3-4H3. The molecule has 0 bridgehead atoms. The normalized spacial score (nSPS) is 11.7. The molecule has 6 heteroatoms. The molecule has 0 aromatic carbocycles. The van der Waals surface area contributed by atoms with Crippen LogP contribution in [0.4, 0.5) is 0 Å². The van der Waals surface area contributed by atoms with Crippen molar-refractivity contribution in [2.75, 3.05) is 26.4 Å². The Morgan fingerprint density at radius 1 is 1.16 bits per heavy atom. The maximum absolute atomic E-state index is 11.0. The van der Waals surface area contributed by atoms with Crippen molar-refractivity contribution in [3.05, 3.63) is 12.2 Å². The van der Waals surface area contributed by atoms with Crippen LogP contribution in [-0.2, 0) is 28.5 Å². The largest absolute Gasteiger partial charge is 0.460 e. The molecule has 110 valence electrons. The summed E-state index contributed by atoms with van der Waals surface area (Å²) in [5.74, 6) is -0.736. The highest BCUT2D eigenvalue weighted by atomic mass is 16.7. The molecule has 0 rings (SSSR count). The van der Waals surface area contributed by atoms with Gasteiger partial charge in [-0.2, -0.15) is 0 Å². The molecule has 0 amide bonds. The average molecular weight is 274 g/mol. The minimum absolute atomic E-state index is 0.173. The van der Waals surface area contributed by atoms with Crippen LogP contribution in [0.25, 0.3) is 0 Å². The van der Waals surface area contributed by atoms with Crippen LogP contribution in [0.3, 0.4) is 0 Å². The van der Waals surface area contributed by atoms with Gasteiger partial charge in [0.25, 0.3) is 0 Å². The van der Waals surface area contributed by atoms with E-state index >= 15 is 0 Å². The smallest absolute Gasteiger partial charge is 0.333 e. The van der Waals surface area contributed by atoms with Crippen molar-refractivity contribution in [3.8, 4) is 0 Å². The summed E-state index contributed by atoms with van der Waals surface area (Å²) < 4.78 is 20.1. The lowest BCUT2D eigenvalue weighted by Crippen LogP contribution is -2.20. The van der Waals surface area contributed by atoms with Crippen molar-refractivity contribution in [1.82, 2.24) is 0 Å². The van der Waals surface area contributed by atoms with Gasteiger partial charge >= 0.3 is 11.9 Å². The predicted octanol–water partition coefficient (Wildman–Crippen LogP) is 1.44. The second kappa shape index (κ2) is 10.5. The van der Waals surface area contributed by atoms with Crippen LogP contribution < -0.4 is 0 Å². The third-order valence-corrected chi connectivity index (χ3v) is 1.98. The SMILES string of the molecule is C=C(C)C(=O)OCCOCCOC(C)OC(=O)CC. The van der Waals surface area contributed by atoms with Gasteiger partial charge in [-0.3, -0.25) is 4.79 Å². The molecule has 0 saturated carbocycles. The fraction of sp³-hybridized carbons (Fsp3) is 0.692. The Bertz CT molecular complexity index is 300. The Kier molecular flexibility index (Phi) is 9.74. The van der Waals surface area contributed by atoms with Gasteiger partial charge in [-0.15, -0.1) is 0 Å². The molecular weight excluding hydrogens is 252 g/mol. The molecule has 0 aliphatic carbocycles. The van der Waals surface area contributed by atoms with Gasteiger partial charge in [0.05, 0.1) is 19.8 Å². The zero-order valence-corrected chi connectivity index (χ0v) is 11.8. The molecule has 0 fully saturated rings. The summed E-state index contributed by atoms with van der Waals surface area (Å²) in [4.78, 5) is 21.9. The predicted molar refractivity (Wildman–Crippen MR) is 68.4 cm³/mol. The van der Waals surface area contributed by atoms with E-state index in [4.69, 9.17) is 18.9 Å². The van der Waals surface area contributed by atoms with Gasteiger partial charge in [-0.05, 0) is 13.8 Å². The monoisotopic (exact) mass is 274 g/mol. The quantitative estimate of drug-likeness (QED) is 0.260. The summed E-state index contributed by atoms with van der Waals surface area (Å²) in [6, 6.07) is 0. The summed E-state index contributed by atoms with van der Waals surface area (Å²) >= 11 is 0. The second-order valence-corrected chi connectivity index (χ2v) is 3.81. The van der Waals surface area contributed by atoms with Gasteiger partial charge in [0.15, 0.2) is 6.29 Å². The summed E-state index contributed by atoms with van der Waals surface area (Å²) in [5.41, 5.74) is 0.356. The van der Waals surface area contributed by atoms with Crippen molar-refractivity contribution < 1.29 is 28.5 Å². The van der Waals surface area contributed by atoms with E-state index in [1.807, 2.05) is 0 Å². The number of carbonyl (C=O) groups is 2. The molecule has 0 radical (unpaired) electrons. The highest BCUT2D eigenvalue weighted by molar-refractivity contribution is 5.86. The van der Waals surface area contributed by atoms with Crippen LogP contribution in [0, 0.1) is 0 Å². The van der Waals surface area contributed by atoms with Gasteiger partial charge in [-0.1, -0.05) is 13.5 Å². The van der Waals surface area contributed by atoms with Crippen molar-refractivity contribution in [2.45, 2.75) is 33.5 Å². The lowest BCUT2D eigenvalue weighted by Gasteiger charge is -2.13. The zero-order valence-electron chi connectivity index (χ0n) is 11.8. The van der Waals surface area contributed by atoms with E-state index in [-0.39, 0.29) is 19.2 Å². The van der Waals surface area contributed by atoms with Crippen LogP contribution in [0.5, 0.6) is 0 Å². The summed E-state index contributed by atoms with van der Waals surface area (Å²) in [6.07, 6.45) is -0.268. The average Bonchev–Trinajstić information content (AvgIpc) is 2.36. The summed E-state index contributed by atoms with van der Waals surface area (Å²) in [7, 11) is 0. The molecule has 0 heterocycles. The second-order valence-electron chi connectivity index (χ2n) is 3.81. The van der Waals surface area contributed by atoms with E-state index in [1.54, 1.807) is 20.8 Å². The number of hydrogen-bond donors (Lipinski definition) is 0. The van der Waals surface area contributed by atoms with E-state index in [9.17, 15) is 9.59 Å². The lowest BCUT2D eigenvalue weighted by molar-refractivity contribution is -0.176. The Morgan fingerprint density at radius 2 is 1.79 bits per heavy atom. The highest BCUT2D eigenvalue weighted by Crippen LogP contribution is 1.96. The first kappa shape index (κ1) is 17.6. The number of hydrogen-bond acceptors (Lipinski definition) is 6. The first-order chi connectivity index (χ1) is 8.97. The van der Waals surface area contributed by atoms with E-state index in [1.165, 1.54) is 0 Å². The highest BCUT2D eigenvalue weighted by Gasteiger charge is 2.07. The van der Waals surface area contributed by atoms with Gasteiger partial charge in [0.2, 0.25) is 0 Å². The Hall–Kier alpha value is -1.40. The fourth-order valence-corrected chi connectivity index (χ4v) is 0.994. The molecular formula is C13H22O6. The Balaban J connectivity index is 3.38. The molecule has 19 heavy (non-hydrogen) atoms. The Labute approximate surface area is 113 Å². The van der Waals surface area contributed by atoms with Gasteiger partial charge in [0.1, 0.15) is 6.61 Å². The molecule has 6 nitrogen and oxygen atoms in total. The molecule has 0 N–H and O–H groups in total. The molecule has 1 unspecified atom stereocenters. The van der Waals surface area contributed by atoms with Crippen LogP contribution >= 0.6 is 0 Å². The number of rotatable bonds is 10. The van der Waals surface area contributed by atoms with Crippen molar-refractivity contribution in [1.29, 1.82) is 0 Å². The van der Waals surface area contributed by atoms with E-state index in [0.717, 1.165) is 0 Å². The fourth-order valence-electron chi connectivity index (χ4n) is 0.994. The van der Waals surface area contributed by atoms with Crippen LogP contribution in [0.15, 0.2) is 12.2 Å².